The first-order chi connectivity index (χ1) is 18.5. The third-order valence-corrected chi connectivity index (χ3v) is 6.95. The van der Waals surface area contributed by atoms with E-state index >= 15 is 0 Å². The van der Waals surface area contributed by atoms with Crippen molar-refractivity contribution in [3.8, 4) is 11.5 Å². The Kier molecular flexibility index (Phi) is 9.03. The number of aromatic nitrogens is 1. The van der Waals surface area contributed by atoms with E-state index in [0.29, 0.717) is 45.7 Å². The van der Waals surface area contributed by atoms with Gasteiger partial charge in [-0.05, 0) is 42.2 Å². The van der Waals surface area contributed by atoms with Gasteiger partial charge in [0.25, 0.3) is 0 Å². The van der Waals surface area contributed by atoms with Crippen LogP contribution in [0.3, 0.4) is 0 Å². The van der Waals surface area contributed by atoms with E-state index in [4.69, 9.17) is 18.9 Å². The molecular formula is C27H30N4O6S. The van der Waals surface area contributed by atoms with E-state index in [0.717, 1.165) is 5.56 Å². The molecule has 1 N–H and O–H groups in total. The van der Waals surface area contributed by atoms with Crippen LogP contribution in [0.1, 0.15) is 30.5 Å². The van der Waals surface area contributed by atoms with Gasteiger partial charge in [0.15, 0.2) is 5.17 Å². The van der Waals surface area contributed by atoms with Gasteiger partial charge in [0, 0.05) is 43.4 Å². The maximum Gasteiger partial charge on any atom is 0.338 e. The van der Waals surface area contributed by atoms with Gasteiger partial charge in [-0.15, -0.1) is 0 Å². The quantitative estimate of drug-likeness (QED) is 0.339. The Bertz CT molecular complexity index is 1280. The fraction of sp³-hybridized carbons (Fsp3) is 0.333. The van der Waals surface area contributed by atoms with Gasteiger partial charge in [0.1, 0.15) is 18.1 Å². The predicted molar refractivity (Wildman–Crippen MR) is 143 cm³/mol. The van der Waals surface area contributed by atoms with Crippen LogP contribution in [0.15, 0.2) is 70.1 Å². The van der Waals surface area contributed by atoms with Crippen LogP contribution in [0.5, 0.6) is 11.5 Å². The van der Waals surface area contributed by atoms with E-state index in [1.165, 1.54) is 11.8 Å². The molecule has 1 unspecified atom stereocenters. The molecule has 0 radical (unpaired) electrons. The lowest BCUT2D eigenvalue weighted by Crippen LogP contribution is -2.38. The van der Waals surface area contributed by atoms with Crippen LogP contribution < -0.4 is 14.8 Å². The van der Waals surface area contributed by atoms with Gasteiger partial charge in [-0.25, -0.2) is 9.79 Å². The Morgan fingerprint density at radius 3 is 2.58 bits per heavy atom. The van der Waals surface area contributed by atoms with Crippen molar-refractivity contribution in [2.24, 2.45) is 4.99 Å². The highest BCUT2D eigenvalue weighted by Crippen LogP contribution is 2.47. The Morgan fingerprint density at radius 1 is 1.08 bits per heavy atom. The van der Waals surface area contributed by atoms with Crippen molar-refractivity contribution in [1.29, 1.82) is 0 Å². The van der Waals surface area contributed by atoms with Crippen LogP contribution >= 0.6 is 11.8 Å². The smallest absolute Gasteiger partial charge is 0.338 e. The fourth-order valence-corrected chi connectivity index (χ4v) is 5.16. The number of aliphatic imine (C=N–C) groups is 1. The molecule has 1 aromatic heterocycles. The molecular weight excluding hydrogens is 508 g/mol. The summed E-state index contributed by atoms with van der Waals surface area (Å²) in [7, 11) is 4.68. The first-order valence-corrected chi connectivity index (χ1v) is 12.8. The van der Waals surface area contributed by atoms with Gasteiger partial charge in [0.05, 0.1) is 44.6 Å². The summed E-state index contributed by atoms with van der Waals surface area (Å²) in [5.74, 6) is 0.473. The molecule has 200 valence electrons. The van der Waals surface area contributed by atoms with Gasteiger partial charge in [-0.2, -0.15) is 0 Å². The molecule has 1 amide bonds. The standard InChI is InChI=1S/C27H30N4O6S/c1-17-24(26(33)37-12-11-34-2)25(21-6-5-20(35-3)14-22(21)36-4)31-19(16-38-27(31)30-17)13-23(32)29-15-18-7-9-28-10-8-18/h5-10,14,16,25H,11-13,15H2,1-4H3,(H,29,32). The van der Waals surface area contributed by atoms with E-state index in [2.05, 4.69) is 15.3 Å². The number of rotatable bonds is 11. The van der Waals surface area contributed by atoms with Crippen molar-refractivity contribution in [2.75, 3.05) is 34.5 Å². The molecule has 0 bridgehead atoms. The lowest BCUT2D eigenvalue weighted by molar-refractivity contribution is -0.141. The molecule has 0 aliphatic carbocycles. The number of pyridine rings is 1. The highest BCUT2D eigenvalue weighted by atomic mass is 32.2. The number of amides is 1. The normalized spacial score (nSPS) is 16.4. The fourth-order valence-electron chi connectivity index (χ4n) is 4.19. The second-order valence-electron chi connectivity index (χ2n) is 8.44. The summed E-state index contributed by atoms with van der Waals surface area (Å²) in [5, 5.41) is 5.50. The highest BCUT2D eigenvalue weighted by molar-refractivity contribution is 8.16. The molecule has 11 heteroatoms. The van der Waals surface area contributed by atoms with Crippen LogP contribution in [-0.4, -0.2) is 61.5 Å². The van der Waals surface area contributed by atoms with Crippen LogP contribution in [-0.2, 0) is 25.6 Å². The van der Waals surface area contributed by atoms with E-state index in [9.17, 15) is 9.59 Å². The van der Waals surface area contributed by atoms with Gasteiger partial charge < -0.3 is 29.2 Å². The minimum atomic E-state index is -0.632. The monoisotopic (exact) mass is 538 g/mol. The molecule has 0 fully saturated rings. The molecule has 0 saturated heterocycles. The van der Waals surface area contributed by atoms with E-state index < -0.39 is 12.0 Å². The summed E-state index contributed by atoms with van der Waals surface area (Å²) in [6.07, 6.45) is 3.46. The summed E-state index contributed by atoms with van der Waals surface area (Å²) < 4.78 is 21.6. The molecule has 2 aliphatic rings. The SMILES string of the molecule is COCCOC(=O)C1=C(C)N=C2SC=C(CC(=O)NCc3ccncc3)N2C1c1ccc(OC)cc1OC. The van der Waals surface area contributed by atoms with E-state index in [-0.39, 0.29) is 25.5 Å². The lowest BCUT2D eigenvalue weighted by Gasteiger charge is -2.36. The number of nitrogens with zero attached hydrogens (tertiary/aromatic N) is 3. The third-order valence-electron chi connectivity index (χ3n) is 6.06. The maximum atomic E-state index is 13.4. The Hall–Kier alpha value is -3.83. The number of amidine groups is 1. The molecule has 10 nitrogen and oxygen atoms in total. The van der Waals surface area contributed by atoms with Gasteiger partial charge >= 0.3 is 5.97 Å². The van der Waals surface area contributed by atoms with Crippen molar-refractivity contribution in [2.45, 2.75) is 25.9 Å². The van der Waals surface area contributed by atoms with E-state index in [1.54, 1.807) is 52.8 Å². The average Bonchev–Trinajstić information content (AvgIpc) is 3.33. The largest absolute Gasteiger partial charge is 0.497 e. The summed E-state index contributed by atoms with van der Waals surface area (Å²) in [5.41, 5.74) is 3.26. The summed E-state index contributed by atoms with van der Waals surface area (Å²) in [4.78, 5) is 36.9. The van der Waals surface area contributed by atoms with Gasteiger partial charge in [-0.1, -0.05) is 11.8 Å². The predicted octanol–water partition coefficient (Wildman–Crippen LogP) is 3.57. The summed E-state index contributed by atoms with van der Waals surface area (Å²) in [6.45, 7) is 2.53. The number of allylic oxidation sites excluding steroid dienone is 1. The molecule has 3 heterocycles. The van der Waals surface area contributed by atoms with Crippen molar-refractivity contribution in [3.05, 3.63) is 76.2 Å². The van der Waals surface area contributed by atoms with Crippen LogP contribution in [0.25, 0.3) is 0 Å². The number of benzene rings is 1. The number of hydrogen-bond donors (Lipinski definition) is 1. The number of fused-ring (bicyclic) bond motifs is 1. The number of thioether (sulfide) groups is 1. The highest BCUT2D eigenvalue weighted by Gasteiger charge is 2.42. The van der Waals surface area contributed by atoms with Crippen LogP contribution in [0.2, 0.25) is 0 Å². The molecule has 1 atom stereocenters. The molecule has 1 aromatic carbocycles. The van der Waals surface area contributed by atoms with Crippen molar-refractivity contribution >= 4 is 28.8 Å². The molecule has 0 saturated carbocycles. The zero-order valence-electron chi connectivity index (χ0n) is 21.7. The maximum absolute atomic E-state index is 13.4. The van der Waals surface area contributed by atoms with Crippen molar-refractivity contribution in [3.63, 3.8) is 0 Å². The lowest BCUT2D eigenvalue weighted by atomic mass is 9.93. The summed E-state index contributed by atoms with van der Waals surface area (Å²) >= 11 is 1.40. The average molecular weight is 539 g/mol. The van der Waals surface area contributed by atoms with Crippen molar-refractivity contribution < 1.29 is 28.5 Å². The number of methoxy groups -OCH3 is 3. The van der Waals surface area contributed by atoms with Crippen LogP contribution in [0.4, 0.5) is 0 Å². The molecule has 4 rings (SSSR count). The number of nitrogens with one attached hydrogen (secondary N) is 1. The Balaban J connectivity index is 1.66. The molecule has 2 aliphatic heterocycles. The first-order valence-electron chi connectivity index (χ1n) is 11.9. The zero-order valence-corrected chi connectivity index (χ0v) is 22.5. The van der Waals surface area contributed by atoms with E-state index in [1.807, 2.05) is 28.5 Å². The second-order valence-corrected chi connectivity index (χ2v) is 9.28. The number of esters is 1. The number of hydrogen-bond acceptors (Lipinski definition) is 10. The Morgan fingerprint density at radius 2 is 1.87 bits per heavy atom. The van der Waals surface area contributed by atoms with Crippen LogP contribution in [0, 0.1) is 0 Å². The first kappa shape index (κ1) is 27.2. The molecule has 38 heavy (non-hydrogen) atoms. The summed E-state index contributed by atoms with van der Waals surface area (Å²) in [6, 6.07) is 8.49. The number of carbonyl (C=O) groups excluding carboxylic acids is 2. The van der Waals surface area contributed by atoms with Crippen molar-refractivity contribution in [1.82, 2.24) is 15.2 Å². The Labute approximate surface area is 225 Å². The molecule has 0 spiro atoms. The zero-order chi connectivity index (χ0) is 27.1. The number of ether oxygens (including phenoxy) is 4. The van der Waals surface area contributed by atoms with Gasteiger partial charge in [0.2, 0.25) is 5.91 Å². The second kappa shape index (κ2) is 12.6. The molecule has 2 aromatic rings. The van der Waals surface area contributed by atoms with Gasteiger partial charge in [-0.3, -0.25) is 9.78 Å². The number of carbonyl (C=O) groups is 2. The minimum absolute atomic E-state index is 0.0944. The third kappa shape index (κ3) is 6.00. The minimum Gasteiger partial charge on any atom is -0.497 e. The topological polar surface area (TPSA) is 112 Å².